The van der Waals surface area contributed by atoms with Crippen LogP contribution in [0.3, 0.4) is 0 Å². The van der Waals surface area contributed by atoms with Crippen LogP contribution in [0.15, 0.2) is 53.3 Å². The summed E-state index contributed by atoms with van der Waals surface area (Å²) in [6, 6.07) is 13.7. The number of pyridine rings is 2. The summed E-state index contributed by atoms with van der Waals surface area (Å²) in [6.07, 6.45) is 0. The molecule has 0 saturated carbocycles. The van der Waals surface area contributed by atoms with Crippen molar-refractivity contribution in [1.82, 2.24) is 9.97 Å². The molecule has 0 aliphatic rings. The Balaban J connectivity index is 0.000000195. The Morgan fingerprint density at radius 3 is 1.94 bits per heavy atom. The summed E-state index contributed by atoms with van der Waals surface area (Å²) in [4.78, 5) is 24.3. The van der Waals surface area contributed by atoms with Crippen molar-refractivity contribution in [3.8, 4) is 0 Å². The van der Waals surface area contributed by atoms with Crippen LogP contribution in [-0.2, 0) is 4.57 Å². The maximum absolute atomic E-state index is 11.3. The molecule has 0 aliphatic heterocycles. The Morgan fingerprint density at radius 2 is 1.36 bits per heavy atom. The molecule has 33 heavy (non-hydrogen) atoms. The van der Waals surface area contributed by atoms with E-state index in [0.29, 0.717) is 32.2 Å². The van der Waals surface area contributed by atoms with Crippen LogP contribution in [0.25, 0.3) is 31.5 Å². The van der Waals surface area contributed by atoms with Gasteiger partial charge in [-0.05, 0) is 70.1 Å². The number of nitrogens with one attached hydrogen (secondary N) is 1. The minimum absolute atomic E-state index is 0.0607. The van der Waals surface area contributed by atoms with Gasteiger partial charge in [-0.25, -0.2) is 14.7 Å². The SMILES string of the molecule is O=P(Cl)(Cl)Cl.[C-]#[N+]c1cc2c(Cl)cccc2[nH]c1=O.[C-]#[N+]c1cc2c(Cl)cccc2nc1Cl. The van der Waals surface area contributed by atoms with Crippen LogP contribution in [-0.4, -0.2) is 9.97 Å². The molecule has 168 valence electrons. The molecule has 2 aromatic heterocycles. The van der Waals surface area contributed by atoms with Crippen molar-refractivity contribution in [2.45, 2.75) is 0 Å². The predicted molar refractivity (Wildman–Crippen MR) is 139 cm³/mol. The Kier molecular flexibility index (Phi) is 9.85. The van der Waals surface area contributed by atoms with Crippen LogP contribution < -0.4 is 5.56 Å². The standard InChI is InChI=1S/C10H4Cl2N2.C10H5ClN2O.Cl3OP/c1-13-9-5-6-7(11)3-2-4-8(6)14-10(9)12;1-12-9-5-6-7(11)3-2-4-8(6)13-10(9)14;1-5(2,3)4/h2-5H;2-5H,(H,13,14);. The minimum atomic E-state index is -3.22. The highest BCUT2D eigenvalue weighted by atomic mass is 36.0. The molecular formula is C20H9Cl6N4O2P. The van der Waals surface area contributed by atoms with E-state index in [1.165, 1.54) is 6.07 Å². The van der Waals surface area contributed by atoms with Gasteiger partial charge >= 0.3 is 5.20 Å². The fourth-order valence-electron chi connectivity index (χ4n) is 2.47. The quantitative estimate of drug-likeness (QED) is 0.128. The van der Waals surface area contributed by atoms with E-state index in [1.807, 2.05) is 0 Å². The van der Waals surface area contributed by atoms with E-state index in [0.717, 1.165) is 5.39 Å². The second-order valence-electron chi connectivity index (χ2n) is 5.91. The molecule has 0 saturated heterocycles. The second-order valence-corrected chi connectivity index (χ2v) is 13.7. The Bertz CT molecular complexity index is 1510. The summed E-state index contributed by atoms with van der Waals surface area (Å²) in [6.45, 7) is 13.7. The molecule has 0 spiro atoms. The third-order valence-electron chi connectivity index (χ3n) is 3.80. The summed E-state index contributed by atoms with van der Waals surface area (Å²) in [5.41, 5.74) is 1.36. The number of benzene rings is 2. The van der Waals surface area contributed by atoms with Gasteiger partial charge in [0.15, 0.2) is 0 Å². The van der Waals surface area contributed by atoms with Gasteiger partial charge in [0.2, 0.25) is 5.69 Å². The van der Waals surface area contributed by atoms with E-state index >= 15 is 0 Å². The highest BCUT2D eigenvalue weighted by molar-refractivity contribution is 8.24. The summed E-state index contributed by atoms with van der Waals surface area (Å²) in [7, 11) is 0. The molecule has 1 N–H and O–H groups in total. The number of hydrogen-bond acceptors (Lipinski definition) is 3. The molecule has 6 nitrogen and oxygen atoms in total. The van der Waals surface area contributed by atoms with Crippen LogP contribution >= 0.6 is 73.7 Å². The van der Waals surface area contributed by atoms with Gasteiger partial charge in [-0.2, -0.15) is 0 Å². The van der Waals surface area contributed by atoms with Gasteiger partial charge in [0, 0.05) is 26.3 Å². The maximum Gasteiger partial charge on any atom is 0.339 e. The largest absolute Gasteiger partial charge is 0.339 e. The number of fused-ring (bicyclic) bond motifs is 2. The van der Waals surface area contributed by atoms with Crippen molar-refractivity contribution in [3.63, 3.8) is 0 Å². The van der Waals surface area contributed by atoms with Gasteiger partial charge in [-0.3, -0.25) is 9.36 Å². The summed E-state index contributed by atoms with van der Waals surface area (Å²) >= 11 is 31.5. The molecule has 13 heteroatoms. The van der Waals surface area contributed by atoms with Gasteiger partial charge in [0.25, 0.3) is 11.2 Å². The number of aromatic nitrogens is 2. The predicted octanol–water partition coefficient (Wildman–Crippen LogP) is 9.64. The first-order valence-corrected chi connectivity index (χ1v) is 14.0. The number of nitrogens with zero attached hydrogens (tertiary/aromatic N) is 3. The summed E-state index contributed by atoms with van der Waals surface area (Å²) in [5, 5.41) is -0.445. The third kappa shape index (κ3) is 8.07. The fourth-order valence-corrected chi connectivity index (χ4v) is 3.11. The van der Waals surface area contributed by atoms with Crippen LogP contribution in [0.5, 0.6) is 0 Å². The van der Waals surface area contributed by atoms with Gasteiger partial charge < -0.3 is 4.98 Å². The molecule has 2 aromatic carbocycles. The zero-order valence-electron chi connectivity index (χ0n) is 16.0. The molecule has 0 aliphatic carbocycles. The van der Waals surface area contributed by atoms with Crippen LogP contribution in [0.1, 0.15) is 0 Å². The monoisotopic (exact) mass is 578 g/mol. The van der Waals surface area contributed by atoms with E-state index in [-0.39, 0.29) is 16.4 Å². The molecule has 0 fully saturated rings. The topological polar surface area (TPSA) is 71.5 Å². The average Bonchev–Trinajstić information content (AvgIpc) is 2.73. The zero-order valence-corrected chi connectivity index (χ0v) is 21.4. The van der Waals surface area contributed by atoms with Gasteiger partial charge in [0.1, 0.15) is 5.15 Å². The Hall–Kier alpha value is -1.99. The molecule has 4 aromatic rings. The van der Waals surface area contributed by atoms with Crippen LogP contribution in [0, 0.1) is 13.1 Å². The molecule has 2 heterocycles. The van der Waals surface area contributed by atoms with Crippen molar-refractivity contribution in [2.24, 2.45) is 0 Å². The lowest BCUT2D eigenvalue weighted by Gasteiger charge is -2.01. The number of hydrogen-bond donors (Lipinski definition) is 1. The van der Waals surface area contributed by atoms with Gasteiger partial charge in [-0.15, -0.1) is 0 Å². The van der Waals surface area contributed by atoms with E-state index in [1.54, 1.807) is 42.5 Å². The average molecular weight is 581 g/mol. The summed E-state index contributed by atoms with van der Waals surface area (Å²) < 4.78 is 9.51. The third-order valence-corrected chi connectivity index (χ3v) is 4.73. The molecule has 0 atom stereocenters. The zero-order chi connectivity index (χ0) is 24.8. The van der Waals surface area contributed by atoms with Crippen LogP contribution in [0.2, 0.25) is 15.2 Å². The number of rotatable bonds is 0. The lowest BCUT2D eigenvalue weighted by atomic mass is 10.2. The van der Waals surface area contributed by atoms with Crippen molar-refractivity contribution >= 4 is 107 Å². The smallest absolute Gasteiger partial charge is 0.331 e. The first-order chi connectivity index (χ1) is 15.4. The van der Waals surface area contributed by atoms with Gasteiger partial charge in [0.05, 0.1) is 18.7 Å². The number of aromatic amines is 1. The van der Waals surface area contributed by atoms with Gasteiger partial charge in [-0.1, -0.05) is 46.9 Å². The minimum Gasteiger partial charge on any atom is -0.331 e. The molecular weight excluding hydrogens is 572 g/mol. The number of halogens is 6. The van der Waals surface area contributed by atoms with Crippen molar-refractivity contribution < 1.29 is 4.57 Å². The lowest BCUT2D eigenvalue weighted by Crippen LogP contribution is -2.03. The van der Waals surface area contributed by atoms with E-state index < -0.39 is 5.20 Å². The highest BCUT2D eigenvalue weighted by Crippen LogP contribution is 2.61. The van der Waals surface area contributed by atoms with E-state index in [9.17, 15) is 9.36 Å². The van der Waals surface area contributed by atoms with Crippen LogP contribution in [0.4, 0.5) is 11.4 Å². The lowest BCUT2D eigenvalue weighted by molar-refractivity contribution is 0.600. The first-order valence-electron chi connectivity index (χ1n) is 8.45. The van der Waals surface area contributed by atoms with E-state index in [2.05, 4.69) is 53.4 Å². The first kappa shape index (κ1) is 27.3. The molecule has 0 bridgehead atoms. The fraction of sp³-hybridized carbons (Fsp3) is 0. The Labute approximate surface area is 217 Å². The number of H-pyrrole nitrogens is 1. The van der Waals surface area contributed by atoms with Crippen molar-refractivity contribution in [1.29, 1.82) is 0 Å². The molecule has 4 rings (SSSR count). The van der Waals surface area contributed by atoms with Crippen molar-refractivity contribution in [2.75, 3.05) is 0 Å². The molecule has 0 unspecified atom stereocenters. The second kappa shape index (κ2) is 11.9. The summed E-state index contributed by atoms with van der Waals surface area (Å²) in [5.74, 6) is 0. The highest BCUT2D eigenvalue weighted by Gasteiger charge is 2.06. The maximum atomic E-state index is 11.3. The van der Waals surface area contributed by atoms with E-state index in [4.69, 9.17) is 47.9 Å². The normalized spacial score (nSPS) is 10.3. The molecule has 0 amide bonds. The molecule has 0 radical (unpaired) electrons. The van der Waals surface area contributed by atoms with Crippen molar-refractivity contribution in [3.05, 3.63) is 96.9 Å². The Morgan fingerprint density at radius 1 is 0.848 bits per heavy atom.